The third kappa shape index (κ3) is 8.45. The highest BCUT2D eigenvalue weighted by molar-refractivity contribution is 5.78. The van der Waals surface area contributed by atoms with Crippen molar-refractivity contribution < 1.29 is 4.79 Å². The molecule has 1 N–H and O–H groups in total. The Morgan fingerprint density at radius 3 is 2.10 bits per heavy atom. The Hall–Kier alpha value is -0.570. The van der Waals surface area contributed by atoms with Crippen LogP contribution in [-0.2, 0) is 4.79 Å². The predicted octanol–water partition coefficient (Wildman–Crippen LogP) is 4.12. The molecular weight excluding hydrogens is 260 g/mol. The van der Waals surface area contributed by atoms with Gasteiger partial charge in [0.25, 0.3) is 0 Å². The van der Waals surface area contributed by atoms with Crippen molar-refractivity contribution in [3.63, 3.8) is 0 Å². The molecule has 0 aliphatic carbocycles. The fourth-order valence-corrected chi connectivity index (χ4v) is 3.27. The summed E-state index contributed by atoms with van der Waals surface area (Å²) < 4.78 is 0. The number of carbonyl (C=O) groups is 1. The van der Waals surface area contributed by atoms with Crippen LogP contribution in [-0.4, -0.2) is 36.5 Å². The van der Waals surface area contributed by atoms with Gasteiger partial charge in [0.2, 0.25) is 5.91 Å². The summed E-state index contributed by atoms with van der Waals surface area (Å²) in [6.07, 6.45) is 14.6. The summed E-state index contributed by atoms with van der Waals surface area (Å²) in [5.41, 5.74) is 0. The van der Waals surface area contributed by atoms with Gasteiger partial charge in [-0.2, -0.15) is 0 Å². The molecule has 1 unspecified atom stereocenters. The molecule has 3 heteroatoms. The van der Waals surface area contributed by atoms with Crippen molar-refractivity contribution in [2.45, 2.75) is 90.5 Å². The lowest BCUT2D eigenvalue weighted by Crippen LogP contribution is -2.51. The monoisotopic (exact) mass is 296 g/mol. The van der Waals surface area contributed by atoms with Gasteiger partial charge in [-0.1, -0.05) is 71.6 Å². The Bertz CT molecular complexity index is 268. The Kier molecular flexibility index (Phi) is 10.6. The molecule has 0 spiro atoms. The molecule has 1 heterocycles. The van der Waals surface area contributed by atoms with Crippen molar-refractivity contribution in [3.8, 4) is 0 Å². The fourth-order valence-electron chi connectivity index (χ4n) is 3.27. The van der Waals surface area contributed by atoms with Gasteiger partial charge in [-0.15, -0.1) is 0 Å². The molecule has 0 saturated carbocycles. The number of hydrogen-bond donors (Lipinski definition) is 1. The molecule has 3 nitrogen and oxygen atoms in total. The van der Waals surface area contributed by atoms with Crippen LogP contribution in [0, 0.1) is 0 Å². The largest absolute Gasteiger partial charge is 0.354 e. The van der Waals surface area contributed by atoms with Crippen molar-refractivity contribution in [2.75, 3.05) is 19.6 Å². The van der Waals surface area contributed by atoms with Crippen LogP contribution >= 0.6 is 0 Å². The molecule has 1 amide bonds. The Balaban J connectivity index is 2.31. The first-order chi connectivity index (χ1) is 10.3. The number of piperazine rings is 1. The highest BCUT2D eigenvalue weighted by Gasteiger charge is 2.23. The standard InChI is InChI=1S/C18H36N2O/c1-3-5-7-9-11-13-17(12-10-8-6-4-2)20-15-14-19-18(21)16-20/h17H,3-16H2,1-2H3,(H,19,21). The molecule has 1 saturated heterocycles. The Morgan fingerprint density at radius 1 is 0.952 bits per heavy atom. The average molecular weight is 296 g/mol. The highest BCUT2D eigenvalue weighted by atomic mass is 16.2. The van der Waals surface area contributed by atoms with Crippen LogP contribution < -0.4 is 5.32 Å². The quantitative estimate of drug-likeness (QED) is 0.549. The Morgan fingerprint density at radius 2 is 1.52 bits per heavy atom. The molecule has 1 aliphatic heterocycles. The van der Waals surface area contributed by atoms with E-state index in [0.717, 1.165) is 13.1 Å². The number of carbonyl (C=O) groups excluding carboxylic acids is 1. The van der Waals surface area contributed by atoms with Gasteiger partial charge in [0.1, 0.15) is 0 Å². The van der Waals surface area contributed by atoms with E-state index in [1.807, 2.05) is 0 Å². The van der Waals surface area contributed by atoms with Crippen molar-refractivity contribution >= 4 is 5.91 Å². The molecule has 0 bridgehead atoms. The lowest BCUT2D eigenvalue weighted by Gasteiger charge is -2.34. The van der Waals surface area contributed by atoms with E-state index in [1.165, 1.54) is 70.6 Å². The first kappa shape index (κ1) is 18.5. The second-order valence-corrected chi connectivity index (χ2v) is 6.53. The fraction of sp³-hybridized carbons (Fsp3) is 0.944. The van der Waals surface area contributed by atoms with Gasteiger partial charge in [0.15, 0.2) is 0 Å². The normalized spacial score (nSPS) is 17.7. The van der Waals surface area contributed by atoms with Crippen molar-refractivity contribution in [1.29, 1.82) is 0 Å². The zero-order valence-corrected chi connectivity index (χ0v) is 14.3. The van der Waals surface area contributed by atoms with Gasteiger partial charge in [-0.3, -0.25) is 9.69 Å². The van der Waals surface area contributed by atoms with Crippen LogP contribution in [0.15, 0.2) is 0 Å². The number of nitrogens with zero attached hydrogens (tertiary/aromatic N) is 1. The number of nitrogens with one attached hydrogen (secondary N) is 1. The molecule has 21 heavy (non-hydrogen) atoms. The molecule has 0 radical (unpaired) electrons. The highest BCUT2D eigenvalue weighted by Crippen LogP contribution is 2.18. The van der Waals surface area contributed by atoms with Crippen LogP contribution in [0.5, 0.6) is 0 Å². The topological polar surface area (TPSA) is 32.3 Å². The minimum atomic E-state index is 0.214. The number of hydrogen-bond acceptors (Lipinski definition) is 2. The molecule has 0 aromatic carbocycles. The van der Waals surface area contributed by atoms with E-state index in [-0.39, 0.29) is 5.91 Å². The van der Waals surface area contributed by atoms with Crippen molar-refractivity contribution in [2.24, 2.45) is 0 Å². The van der Waals surface area contributed by atoms with Crippen molar-refractivity contribution in [1.82, 2.24) is 10.2 Å². The number of amides is 1. The van der Waals surface area contributed by atoms with Crippen LogP contribution in [0.3, 0.4) is 0 Å². The van der Waals surface area contributed by atoms with Crippen LogP contribution in [0.4, 0.5) is 0 Å². The van der Waals surface area contributed by atoms with Gasteiger partial charge in [0.05, 0.1) is 6.54 Å². The van der Waals surface area contributed by atoms with E-state index in [2.05, 4.69) is 24.1 Å². The second-order valence-electron chi connectivity index (χ2n) is 6.53. The second kappa shape index (κ2) is 12.0. The molecule has 0 aromatic rings. The molecule has 1 rings (SSSR count). The van der Waals surface area contributed by atoms with E-state index in [9.17, 15) is 4.79 Å². The number of unbranched alkanes of at least 4 members (excludes halogenated alkanes) is 7. The minimum Gasteiger partial charge on any atom is -0.354 e. The maximum absolute atomic E-state index is 11.6. The van der Waals surface area contributed by atoms with Gasteiger partial charge < -0.3 is 5.32 Å². The minimum absolute atomic E-state index is 0.214. The summed E-state index contributed by atoms with van der Waals surface area (Å²) in [6.45, 7) is 7.02. The summed E-state index contributed by atoms with van der Waals surface area (Å²) >= 11 is 0. The summed E-state index contributed by atoms with van der Waals surface area (Å²) in [5, 5.41) is 2.95. The summed E-state index contributed by atoms with van der Waals surface area (Å²) in [7, 11) is 0. The summed E-state index contributed by atoms with van der Waals surface area (Å²) in [4.78, 5) is 14.1. The van der Waals surface area contributed by atoms with E-state index in [4.69, 9.17) is 0 Å². The van der Waals surface area contributed by atoms with Gasteiger partial charge in [0, 0.05) is 19.1 Å². The van der Waals surface area contributed by atoms with Crippen LogP contribution in [0.1, 0.15) is 84.5 Å². The third-order valence-corrected chi connectivity index (χ3v) is 4.62. The predicted molar refractivity (Wildman–Crippen MR) is 90.5 cm³/mol. The zero-order valence-electron chi connectivity index (χ0n) is 14.3. The first-order valence-electron chi connectivity index (χ1n) is 9.28. The lowest BCUT2D eigenvalue weighted by molar-refractivity contribution is -0.125. The molecular formula is C18H36N2O. The van der Waals surface area contributed by atoms with E-state index >= 15 is 0 Å². The zero-order chi connectivity index (χ0) is 15.3. The first-order valence-corrected chi connectivity index (χ1v) is 9.28. The average Bonchev–Trinajstić information content (AvgIpc) is 2.49. The van der Waals surface area contributed by atoms with Crippen LogP contribution in [0.25, 0.3) is 0 Å². The van der Waals surface area contributed by atoms with E-state index < -0.39 is 0 Å². The van der Waals surface area contributed by atoms with Crippen LogP contribution in [0.2, 0.25) is 0 Å². The summed E-state index contributed by atoms with van der Waals surface area (Å²) in [6, 6.07) is 0.634. The maximum atomic E-state index is 11.6. The third-order valence-electron chi connectivity index (χ3n) is 4.62. The van der Waals surface area contributed by atoms with Gasteiger partial charge >= 0.3 is 0 Å². The molecule has 124 valence electrons. The number of rotatable bonds is 12. The van der Waals surface area contributed by atoms with Gasteiger partial charge in [-0.05, 0) is 12.8 Å². The summed E-state index contributed by atoms with van der Waals surface area (Å²) in [5.74, 6) is 0.214. The van der Waals surface area contributed by atoms with Crippen molar-refractivity contribution in [3.05, 3.63) is 0 Å². The molecule has 0 aromatic heterocycles. The lowest BCUT2D eigenvalue weighted by atomic mass is 9.99. The van der Waals surface area contributed by atoms with Gasteiger partial charge in [-0.25, -0.2) is 0 Å². The Labute approximate surface area is 131 Å². The maximum Gasteiger partial charge on any atom is 0.234 e. The molecule has 1 aliphatic rings. The smallest absolute Gasteiger partial charge is 0.234 e. The SMILES string of the molecule is CCCCCCCC(CCCCCC)N1CCNC(=O)C1. The molecule has 1 atom stereocenters. The van der Waals surface area contributed by atoms with E-state index in [0.29, 0.717) is 12.6 Å². The van der Waals surface area contributed by atoms with E-state index in [1.54, 1.807) is 0 Å². The molecule has 1 fully saturated rings.